The number of aliphatic hydroxyl groups is 1. The number of hydrogen-bond donors (Lipinski definition) is 1. The SMILES string of the molecule is CN(C)Cc1cc([C@@H]2CCCN2C(F)(F)C(=O)C2(O)CC(C)(C)CC(C)(C)C2)no1. The summed E-state index contributed by atoms with van der Waals surface area (Å²) in [6.07, 6.45) is 1.83. The fraction of sp³-hybridized carbons (Fsp3) is 0.818. The first-order valence-electron chi connectivity index (χ1n) is 10.7. The first-order chi connectivity index (χ1) is 13.7. The number of alkyl halides is 2. The Balaban J connectivity index is 1.86. The molecule has 1 N–H and O–H groups in total. The van der Waals surface area contributed by atoms with Crippen LogP contribution in [0.5, 0.6) is 0 Å². The largest absolute Gasteiger partial charge is 0.382 e. The Morgan fingerprint density at radius 3 is 2.43 bits per heavy atom. The summed E-state index contributed by atoms with van der Waals surface area (Å²) < 4.78 is 36.4. The van der Waals surface area contributed by atoms with E-state index in [1.54, 1.807) is 6.07 Å². The molecule has 0 bridgehead atoms. The Morgan fingerprint density at radius 1 is 1.27 bits per heavy atom. The van der Waals surface area contributed by atoms with Crippen molar-refractivity contribution in [2.75, 3.05) is 20.6 Å². The lowest BCUT2D eigenvalue weighted by Crippen LogP contribution is -2.60. The number of rotatable bonds is 6. The van der Waals surface area contributed by atoms with Crippen LogP contribution < -0.4 is 0 Å². The molecule has 0 radical (unpaired) electrons. The molecule has 2 fully saturated rings. The molecule has 0 unspecified atom stereocenters. The van der Waals surface area contributed by atoms with E-state index in [0.717, 1.165) is 11.3 Å². The van der Waals surface area contributed by atoms with Crippen LogP contribution in [-0.4, -0.2) is 58.1 Å². The number of halogens is 2. The topological polar surface area (TPSA) is 69.8 Å². The van der Waals surface area contributed by atoms with Crippen molar-refractivity contribution in [3.05, 3.63) is 17.5 Å². The van der Waals surface area contributed by atoms with Crippen LogP contribution in [0.15, 0.2) is 10.6 Å². The fourth-order valence-electron chi connectivity index (χ4n) is 5.92. The Kier molecular flexibility index (Phi) is 5.93. The predicted octanol–water partition coefficient (Wildman–Crippen LogP) is 4.00. The Labute approximate surface area is 177 Å². The molecule has 170 valence electrons. The molecule has 1 aromatic heterocycles. The van der Waals surface area contributed by atoms with Gasteiger partial charge in [-0.1, -0.05) is 32.9 Å². The van der Waals surface area contributed by atoms with Crippen LogP contribution in [0.4, 0.5) is 8.78 Å². The van der Waals surface area contributed by atoms with Gasteiger partial charge in [0.2, 0.25) is 5.78 Å². The number of ketones is 1. The normalized spacial score (nSPS) is 26.3. The maximum atomic E-state index is 15.6. The summed E-state index contributed by atoms with van der Waals surface area (Å²) in [4.78, 5) is 15.9. The number of nitrogens with zero attached hydrogens (tertiary/aromatic N) is 3. The van der Waals surface area contributed by atoms with E-state index in [2.05, 4.69) is 5.16 Å². The lowest BCUT2D eigenvalue weighted by atomic mass is 9.58. The summed E-state index contributed by atoms with van der Waals surface area (Å²) in [5.74, 6) is -0.800. The lowest BCUT2D eigenvalue weighted by Gasteiger charge is -2.49. The molecule has 1 atom stereocenters. The number of carbonyl (C=O) groups excluding carboxylic acids is 1. The zero-order chi connectivity index (χ0) is 22.5. The van der Waals surface area contributed by atoms with Gasteiger partial charge in [-0.15, -0.1) is 0 Å². The zero-order valence-corrected chi connectivity index (χ0v) is 19.0. The molecule has 2 heterocycles. The van der Waals surface area contributed by atoms with Gasteiger partial charge >= 0.3 is 6.05 Å². The van der Waals surface area contributed by atoms with Crippen LogP contribution in [0.3, 0.4) is 0 Å². The van der Waals surface area contributed by atoms with E-state index >= 15 is 8.78 Å². The van der Waals surface area contributed by atoms with Crippen molar-refractivity contribution in [3.8, 4) is 0 Å². The maximum absolute atomic E-state index is 15.6. The van der Waals surface area contributed by atoms with Gasteiger partial charge in [0.25, 0.3) is 0 Å². The molecule has 30 heavy (non-hydrogen) atoms. The fourth-order valence-corrected chi connectivity index (χ4v) is 5.92. The van der Waals surface area contributed by atoms with E-state index in [9.17, 15) is 9.90 Å². The third kappa shape index (κ3) is 4.60. The number of aromatic nitrogens is 1. The van der Waals surface area contributed by atoms with Crippen LogP contribution in [0.25, 0.3) is 0 Å². The molecule has 8 heteroatoms. The summed E-state index contributed by atoms with van der Waals surface area (Å²) >= 11 is 0. The van der Waals surface area contributed by atoms with Crippen molar-refractivity contribution >= 4 is 5.78 Å². The van der Waals surface area contributed by atoms with E-state index in [1.807, 2.05) is 46.7 Å². The highest BCUT2D eigenvalue weighted by Gasteiger charge is 2.61. The maximum Gasteiger partial charge on any atom is 0.367 e. The Bertz CT molecular complexity index is 772. The summed E-state index contributed by atoms with van der Waals surface area (Å²) in [5.41, 5.74) is -2.45. The molecule has 0 amide bonds. The third-order valence-corrected chi connectivity index (χ3v) is 6.20. The number of carbonyl (C=O) groups is 1. The molecule has 0 aromatic carbocycles. The molecule has 1 aliphatic carbocycles. The monoisotopic (exact) mass is 427 g/mol. The molecule has 1 aromatic rings. The molecule has 2 aliphatic rings. The van der Waals surface area contributed by atoms with E-state index in [1.165, 1.54) is 0 Å². The highest BCUT2D eigenvalue weighted by molar-refractivity contribution is 5.93. The van der Waals surface area contributed by atoms with Gasteiger partial charge in [0, 0.05) is 12.6 Å². The Hall–Kier alpha value is -1.38. The van der Waals surface area contributed by atoms with Gasteiger partial charge in [-0.25, -0.2) is 4.90 Å². The second kappa shape index (κ2) is 7.64. The number of Topliss-reactive ketones (excluding diaryl/α,β-unsaturated/α-hetero) is 1. The van der Waals surface area contributed by atoms with Gasteiger partial charge in [0.15, 0.2) is 5.76 Å². The third-order valence-electron chi connectivity index (χ3n) is 6.20. The van der Waals surface area contributed by atoms with Crippen molar-refractivity contribution in [2.45, 2.75) is 84.0 Å². The number of likely N-dealkylation sites (tertiary alicyclic amines) is 1. The van der Waals surface area contributed by atoms with E-state index in [0.29, 0.717) is 30.8 Å². The standard InChI is InChI=1S/C22H35F2N3O3/c1-19(2)12-20(3,4)14-21(29,13-19)18(28)22(23,24)27-9-7-8-17(27)16-10-15(30-25-16)11-26(5)6/h10,17,29H,7-9,11-14H2,1-6H3/t17-/m0/s1. The minimum absolute atomic E-state index is 0.0350. The lowest BCUT2D eigenvalue weighted by molar-refractivity contribution is -0.207. The average molecular weight is 428 g/mol. The second-order valence-electron chi connectivity index (χ2n) is 11.1. The smallest absolute Gasteiger partial charge is 0.367 e. The second-order valence-corrected chi connectivity index (χ2v) is 11.1. The highest BCUT2D eigenvalue weighted by Crippen LogP contribution is 2.52. The number of hydrogen-bond acceptors (Lipinski definition) is 6. The van der Waals surface area contributed by atoms with Gasteiger partial charge in [-0.3, -0.25) is 4.79 Å². The van der Waals surface area contributed by atoms with Crippen LogP contribution >= 0.6 is 0 Å². The van der Waals surface area contributed by atoms with Crippen molar-refractivity contribution in [1.82, 2.24) is 15.0 Å². The predicted molar refractivity (Wildman–Crippen MR) is 109 cm³/mol. The Morgan fingerprint density at radius 2 is 1.87 bits per heavy atom. The van der Waals surface area contributed by atoms with Crippen molar-refractivity contribution in [3.63, 3.8) is 0 Å². The zero-order valence-electron chi connectivity index (χ0n) is 19.0. The van der Waals surface area contributed by atoms with Crippen LogP contribution in [0.1, 0.15) is 77.3 Å². The van der Waals surface area contributed by atoms with Crippen molar-refractivity contribution < 1.29 is 23.2 Å². The minimum Gasteiger partial charge on any atom is -0.382 e. The van der Waals surface area contributed by atoms with Gasteiger partial charge in [-0.05, 0) is 57.0 Å². The van der Waals surface area contributed by atoms with Gasteiger partial charge in [0.1, 0.15) is 11.3 Å². The summed E-state index contributed by atoms with van der Waals surface area (Å²) in [5, 5.41) is 15.2. The van der Waals surface area contributed by atoms with E-state index in [4.69, 9.17) is 4.52 Å². The minimum atomic E-state index is -3.78. The van der Waals surface area contributed by atoms with Crippen LogP contribution in [-0.2, 0) is 11.3 Å². The summed E-state index contributed by atoms with van der Waals surface area (Å²) in [6.45, 7) is 8.27. The van der Waals surface area contributed by atoms with Crippen LogP contribution in [0.2, 0.25) is 0 Å². The first-order valence-corrected chi connectivity index (χ1v) is 10.7. The quantitative estimate of drug-likeness (QED) is 0.692. The van der Waals surface area contributed by atoms with Crippen molar-refractivity contribution in [1.29, 1.82) is 0 Å². The molecule has 1 aliphatic heterocycles. The summed E-state index contributed by atoms with van der Waals surface area (Å²) in [7, 11) is 3.76. The van der Waals surface area contributed by atoms with Gasteiger partial charge in [-0.2, -0.15) is 8.78 Å². The van der Waals surface area contributed by atoms with E-state index in [-0.39, 0.29) is 19.4 Å². The van der Waals surface area contributed by atoms with Crippen LogP contribution in [0, 0.1) is 10.8 Å². The molecule has 0 spiro atoms. The van der Waals surface area contributed by atoms with E-state index < -0.39 is 34.3 Å². The summed E-state index contributed by atoms with van der Waals surface area (Å²) in [6, 6.07) is -2.80. The molecular weight excluding hydrogens is 392 g/mol. The molecule has 6 nitrogen and oxygen atoms in total. The van der Waals surface area contributed by atoms with Gasteiger partial charge < -0.3 is 14.5 Å². The molecular formula is C22H35F2N3O3. The van der Waals surface area contributed by atoms with Gasteiger partial charge in [0.05, 0.1) is 12.6 Å². The molecule has 1 saturated heterocycles. The average Bonchev–Trinajstić information content (AvgIpc) is 3.18. The van der Waals surface area contributed by atoms with Crippen molar-refractivity contribution in [2.24, 2.45) is 10.8 Å². The highest BCUT2D eigenvalue weighted by atomic mass is 19.3. The molecule has 3 rings (SSSR count). The first kappa shape index (κ1) is 23.3. The molecule has 1 saturated carbocycles.